The van der Waals surface area contributed by atoms with Crippen molar-refractivity contribution in [2.75, 3.05) is 18.4 Å². The largest absolute Gasteiger partial charge is 0.337 e. The fourth-order valence-electron chi connectivity index (χ4n) is 4.06. The Morgan fingerprint density at radius 1 is 0.757 bits per heavy atom. The van der Waals surface area contributed by atoms with Crippen molar-refractivity contribution >= 4 is 48.7 Å². The van der Waals surface area contributed by atoms with E-state index in [9.17, 15) is 18.0 Å². The number of carbonyl (C=O) groups excluding carboxylic acids is 2. The first-order valence-corrected chi connectivity index (χ1v) is 13.9. The summed E-state index contributed by atoms with van der Waals surface area (Å²) in [4.78, 5) is 31.2. The van der Waals surface area contributed by atoms with Gasteiger partial charge in [0, 0.05) is 19.3 Å². The van der Waals surface area contributed by atoms with Gasteiger partial charge in [0.05, 0.1) is 10.2 Å². The smallest absolute Gasteiger partial charge is 0.331 e. The number of benzene rings is 3. The minimum absolute atomic E-state index is 0.0845. The van der Waals surface area contributed by atoms with Gasteiger partial charge in [0.2, 0.25) is 0 Å². The van der Waals surface area contributed by atoms with Crippen molar-refractivity contribution in [3.63, 3.8) is 0 Å². The highest BCUT2D eigenvalue weighted by molar-refractivity contribution is 7.88. The molecule has 1 saturated heterocycles. The van der Waals surface area contributed by atoms with Crippen LogP contribution >= 0.6 is 11.3 Å². The van der Waals surface area contributed by atoms with Gasteiger partial charge >= 0.3 is 10.2 Å². The van der Waals surface area contributed by atoms with Crippen LogP contribution in [0.2, 0.25) is 0 Å². The van der Waals surface area contributed by atoms with Gasteiger partial charge in [0.25, 0.3) is 11.8 Å². The highest BCUT2D eigenvalue weighted by Crippen LogP contribution is 2.27. The van der Waals surface area contributed by atoms with Crippen molar-refractivity contribution in [1.82, 2.24) is 13.6 Å². The first-order chi connectivity index (χ1) is 17.9. The second-order valence-electron chi connectivity index (χ2n) is 8.42. The van der Waals surface area contributed by atoms with E-state index in [1.807, 2.05) is 84.9 Å². The van der Waals surface area contributed by atoms with Crippen LogP contribution in [0.5, 0.6) is 0 Å². The number of amides is 2. The average molecular weight is 533 g/mol. The summed E-state index contributed by atoms with van der Waals surface area (Å²) in [6.07, 6.45) is 1.91. The van der Waals surface area contributed by atoms with E-state index in [1.54, 1.807) is 0 Å². The van der Waals surface area contributed by atoms with Crippen LogP contribution in [0, 0.1) is 0 Å². The summed E-state index contributed by atoms with van der Waals surface area (Å²) in [6, 6.07) is 26.2. The molecule has 1 aliphatic rings. The number of nitrogens with zero attached hydrogens (tertiary/aromatic N) is 3. The van der Waals surface area contributed by atoms with E-state index in [2.05, 4.69) is 10.3 Å². The summed E-state index contributed by atoms with van der Waals surface area (Å²) in [7, 11) is -4.35. The number of fused-ring (bicyclic) bond motifs is 1. The first-order valence-electron chi connectivity index (χ1n) is 11.7. The molecule has 1 fully saturated rings. The van der Waals surface area contributed by atoms with Gasteiger partial charge in [-0.1, -0.05) is 84.1 Å². The lowest BCUT2D eigenvalue weighted by Gasteiger charge is -2.35. The summed E-state index contributed by atoms with van der Waals surface area (Å²) < 4.78 is 29.5. The lowest BCUT2D eigenvalue weighted by Crippen LogP contribution is -2.57. The quantitative estimate of drug-likeness (QED) is 0.272. The minimum Gasteiger partial charge on any atom is -0.337 e. The minimum atomic E-state index is -4.35. The van der Waals surface area contributed by atoms with Crippen molar-refractivity contribution in [3.05, 3.63) is 108 Å². The predicted molar refractivity (Wildman–Crippen MR) is 144 cm³/mol. The molecule has 1 aliphatic heterocycles. The lowest BCUT2D eigenvalue weighted by atomic mass is 10.1. The normalized spacial score (nSPS) is 15.3. The third-order valence-corrected chi connectivity index (χ3v) is 8.78. The zero-order chi connectivity index (χ0) is 25.8. The fraction of sp³-hybridized carbons (Fsp3) is 0.148. The molecule has 0 saturated carbocycles. The Balaban J connectivity index is 1.44. The summed E-state index contributed by atoms with van der Waals surface area (Å²) >= 11 is 1.37. The van der Waals surface area contributed by atoms with E-state index in [0.717, 1.165) is 30.0 Å². The Hall–Kier alpha value is -4.02. The van der Waals surface area contributed by atoms with Crippen molar-refractivity contribution in [1.29, 1.82) is 0 Å². The lowest BCUT2D eigenvalue weighted by molar-refractivity contribution is -0.131. The summed E-state index contributed by atoms with van der Waals surface area (Å²) in [6.45, 7) is -0.169. The third-order valence-electron chi connectivity index (χ3n) is 6.00. The van der Waals surface area contributed by atoms with Crippen molar-refractivity contribution < 1.29 is 18.0 Å². The van der Waals surface area contributed by atoms with E-state index in [4.69, 9.17) is 0 Å². The van der Waals surface area contributed by atoms with Gasteiger partial charge in [0.1, 0.15) is 5.57 Å². The predicted octanol–water partition coefficient (Wildman–Crippen LogP) is 3.99. The Morgan fingerprint density at radius 3 is 1.81 bits per heavy atom. The summed E-state index contributed by atoms with van der Waals surface area (Å²) in [5.41, 5.74) is 2.30. The Labute approximate surface area is 219 Å². The van der Waals surface area contributed by atoms with Gasteiger partial charge in [0.15, 0.2) is 5.13 Å². The molecular formula is C27H24N4O4S2. The maximum atomic E-state index is 13.5. The van der Waals surface area contributed by atoms with Gasteiger partial charge in [-0.25, -0.2) is 13.6 Å². The number of para-hydroxylation sites is 1. The van der Waals surface area contributed by atoms with Crippen LogP contribution in [0.1, 0.15) is 11.1 Å². The molecule has 8 nitrogen and oxygen atoms in total. The molecule has 0 unspecified atom stereocenters. The van der Waals surface area contributed by atoms with Crippen LogP contribution < -0.4 is 5.32 Å². The van der Waals surface area contributed by atoms with Crippen LogP contribution in [0.3, 0.4) is 0 Å². The van der Waals surface area contributed by atoms with E-state index in [0.29, 0.717) is 18.0 Å². The molecule has 0 bridgehead atoms. The average Bonchev–Trinajstić information content (AvgIpc) is 3.32. The molecule has 2 amide bonds. The van der Waals surface area contributed by atoms with E-state index in [-0.39, 0.29) is 18.7 Å². The number of nitrogens with one attached hydrogen (secondary N) is 1. The topological polar surface area (TPSA) is 99.7 Å². The third kappa shape index (κ3) is 5.25. The number of anilines is 1. The molecule has 0 aliphatic carbocycles. The number of carbonyl (C=O) groups is 2. The molecule has 1 aromatic heterocycles. The molecule has 0 radical (unpaired) electrons. The maximum absolute atomic E-state index is 13.5. The monoisotopic (exact) mass is 532 g/mol. The summed E-state index contributed by atoms with van der Waals surface area (Å²) in [5.74, 6) is -1.71. The molecule has 2 heterocycles. The Morgan fingerprint density at radius 2 is 1.27 bits per heavy atom. The SMILES string of the molecule is O=C1C(=CNc2nc3ccccc3s2)C(=O)N(CCc2ccccc2)S(=O)(=O)N1CCc1ccccc1. The highest BCUT2D eigenvalue weighted by Gasteiger charge is 2.46. The van der Waals surface area contributed by atoms with Crippen molar-refractivity contribution in [3.8, 4) is 0 Å². The van der Waals surface area contributed by atoms with Crippen LogP contribution in [0.25, 0.3) is 10.2 Å². The van der Waals surface area contributed by atoms with Gasteiger partial charge in [-0.2, -0.15) is 8.42 Å². The van der Waals surface area contributed by atoms with E-state index >= 15 is 0 Å². The molecule has 4 aromatic rings. The number of aromatic nitrogens is 1. The van der Waals surface area contributed by atoms with Gasteiger partial charge < -0.3 is 5.32 Å². The van der Waals surface area contributed by atoms with Crippen LogP contribution in [0.4, 0.5) is 5.13 Å². The number of rotatable bonds is 8. The number of hydrogen-bond acceptors (Lipinski definition) is 7. The zero-order valence-electron chi connectivity index (χ0n) is 19.8. The molecule has 37 heavy (non-hydrogen) atoms. The van der Waals surface area contributed by atoms with Crippen LogP contribution in [0.15, 0.2) is 96.7 Å². The second kappa shape index (κ2) is 10.5. The van der Waals surface area contributed by atoms with E-state index in [1.165, 1.54) is 17.5 Å². The maximum Gasteiger partial charge on any atom is 0.331 e. The molecule has 10 heteroatoms. The van der Waals surface area contributed by atoms with E-state index < -0.39 is 22.0 Å². The first kappa shape index (κ1) is 24.7. The van der Waals surface area contributed by atoms with Crippen molar-refractivity contribution in [2.24, 2.45) is 0 Å². The number of thiazole rings is 1. The molecule has 3 aromatic carbocycles. The fourth-order valence-corrected chi connectivity index (χ4v) is 6.40. The zero-order valence-corrected chi connectivity index (χ0v) is 21.4. The van der Waals surface area contributed by atoms with Gasteiger partial charge in [-0.3, -0.25) is 9.59 Å². The van der Waals surface area contributed by atoms with Crippen molar-refractivity contribution in [2.45, 2.75) is 12.8 Å². The second-order valence-corrected chi connectivity index (χ2v) is 11.2. The highest BCUT2D eigenvalue weighted by atomic mass is 32.2. The molecule has 0 spiro atoms. The van der Waals surface area contributed by atoms with Gasteiger partial charge in [-0.15, -0.1) is 0 Å². The Bertz CT molecular complexity index is 1460. The standard InChI is InChI=1S/C27H24N4O4S2/c32-25-22(19-28-27-29-23-13-7-8-14-24(23)36-27)26(33)31(18-16-21-11-5-2-6-12-21)37(34,35)30(25)17-15-20-9-3-1-4-10-20/h1-14,19H,15-18H2,(H,28,29). The van der Waals surface area contributed by atoms with Crippen LogP contribution in [-0.2, 0) is 32.6 Å². The molecule has 1 N–H and O–H groups in total. The molecule has 0 atom stereocenters. The Kier molecular flexibility index (Phi) is 7.02. The van der Waals surface area contributed by atoms with Gasteiger partial charge in [-0.05, 0) is 36.1 Å². The van der Waals surface area contributed by atoms with Crippen LogP contribution in [-0.4, -0.2) is 46.9 Å². The summed E-state index contributed by atoms with van der Waals surface area (Å²) in [5, 5.41) is 3.43. The number of hydrogen-bond donors (Lipinski definition) is 1. The molecule has 188 valence electrons. The molecule has 5 rings (SSSR count). The molecular weight excluding hydrogens is 508 g/mol.